The molecule has 0 saturated heterocycles. The normalized spacial score (nSPS) is 19.6. The Kier molecular flexibility index (Phi) is 6.65. The lowest BCUT2D eigenvalue weighted by atomic mass is 9.78. The van der Waals surface area contributed by atoms with Gasteiger partial charge in [0.2, 0.25) is 0 Å². The minimum atomic E-state index is 0.431. The standard InChI is InChI=1S/C8H16.C3H6O2/c1-8(2)6-4-3-5-7-8;1-2-5-3-4/h3-7H2,1-2H3;3H,2H2,1H3. The Morgan fingerprint density at radius 3 is 1.92 bits per heavy atom. The van der Waals surface area contributed by atoms with Gasteiger partial charge in [-0.15, -0.1) is 0 Å². The van der Waals surface area contributed by atoms with Crippen LogP contribution in [0.25, 0.3) is 0 Å². The Labute approximate surface area is 81.7 Å². The first-order valence-electron chi connectivity index (χ1n) is 5.17. The molecule has 1 aliphatic carbocycles. The van der Waals surface area contributed by atoms with Crippen LogP contribution < -0.4 is 0 Å². The maximum absolute atomic E-state index is 9.18. The molecule has 1 fully saturated rings. The molecule has 0 aliphatic heterocycles. The first-order chi connectivity index (χ1) is 6.12. The van der Waals surface area contributed by atoms with Crippen LogP contribution in [0.1, 0.15) is 52.9 Å². The van der Waals surface area contributed by atoms with Gasteiger partial charge in [0.15, 0.2) is 0 Å². The van der Waals surface area contributed by atoms with Gasteiger partial charge >= 0.3 is 0 Å². The van der Waals surface area contributed by atoms with Gasteiger partial charge in [-0.05, 0) is 25.2 Å². The van der Waals surface area contributed by atoms with E-state index in [9.17, 15) is 4.79 Å². The number of carbonyl (C=O) groups is 1. The molecule has 13 heavy (non-hydrogen) atoms. The molecule has 0 unspecified atom stereocenters. The van der Waals surface area contributed by atoms with Crippen LogP contribution in [0.15, 0.2) is 0 Å². The fourth-order valence-electron chi connectivity index (χ4n) is 1.58. The third kappa shape index (κ3) is 7.82. The first kappa shape index (κ1) is 12.5. The lowest BCUT2D eigenvalue weighted by Gasteiger charge is -2.28. The quantitative estimate of drug-likeness (QED) is 0.619. The minimum Gasteiger partial charge on any atom is -0.468 e. The van der Waals surface area contributed by atoms with Crippen LogP contribution in [0, 0.1) is 5.41 Å². The molecule has 0 bridgehead atoms. The maximum atomic E-state index is 9.18. The van der Waals surface area contributed by atoms with Crippen molar-refractivity contribution in [2.24, 2.45) is 5.41 Å². The third-order valence-corrected chi connectivity index (χ3v) is 2.44. The van der Waals surface area contributed by atoms with Crippen molar-refractivity contribution < 1.29 is 9.53 Å². The molecular formula is C11H22O2. The second-order valence-electron chi connectivity index (χ2n) is 4.28. The van der Waals surface area contributed by atoms with Gasteiger partial charge in [-0.1, -0.05) is 33.1 Å². The van der Waals surface area contributed by atoms with Gasteiger partial charge < -0.3 is 4.74 Å². The van der Waals surface area contributed by atoms with E-state index in [1.807, 2.05) is 0 Å². The SMILES string of the molecule is CC1(C)CCCCC1.CCOC=O. The van der Waals surface area contributed by atoms with Gasteiger partial charge in [-0.2, -0.15) is 0 Å². The summed E-state index contributed by atoms with van der Waals surface area (Å²) in [6, 6.07) is 0. The molecule has 0 spiro atoms. The highest BCUT2D eigenvalue weighted by Gasteiger charge is 2.19. The average Bonchev–Trinajstić information content (AvgIpc) is 2.06. The van der Waals surface area contributed by atoms with Gasteiger partial charge in [-0.25, -0.2) is 0 Å². The van der Waals surface area contributed by atoms with Crippen LogP contribution in [-0.4, -0.2) is 13.1 Å². The topological polar surface area (TPSA) is 26.3 Å². The number of ether oxygens (including phenoxy) is 1. The molecule has 0 N–H and O–H groups in total. The molecule has 0 atom stereocenters. The highest BCUT2D eigenvalue weighted by atomic mass is 16.5. The summed E-state index contributed by atoms with van der Waals surface area (Å²) in [5, 5.41) is 0. The van der Waals surface area contributed by atoms with E-state index in [1.165, 1.54) is 32.1 Å². The van der Waals surface area contributed by atoms with Crippen LogP contribution in [0.5, 0.6) is 0 Å². The summed E-state index contributed by atoms with van der Waals surface area (Å²) < 4.78 is 4.15. The number of hydrogen-bond acceptors (Lipinski definition) is 2. The lowest BCUT2D eigenvalue weighted by Crippen LogP contribution is -2.14. The predicted molar refractivity (Wildman–Crippen MR) is 54.6 cm³/mol. The van der Waals surface area contributed by atoms with E-state index in [4.69, 9.17) is 0 Å². The van der Waals surface area contributed by atoms with Gasteiger partial charge in [0.05, 0.1) is 6.61 Å². The zero-order valence-electron chi connectivity index (χ0n) is 9.14. The average molecular weight is 186 g/mol. The molecular weight excluding hydrogens is 164 g/mol. The van der Waals surface area contributed by atoms with Gasteiger partial charge in [0.1, 0.15) is 0 Å². The van der Waals surface area contributed by atoms with Crippen molar-refractivity contribution in [3.8, 4) is 0 Å². The molecule has 0 aromatic carbocycles. The Morgan fingerprint density at radius 1 is 1.23 bits per heavy atom. The molecule has 1 saturated carbocycles. The van der Waals surface area contributed by atoms with E-state index in [1.54, 1.807) is 6.92 Å². The van der Waals surface area contributed by atoms with Crippen LogP contribution in [0.4, 0.5) is 0 Å². The van der Waals surface area contributed by atoms with Crippen LogP contribution in [-0.2, 0) is 9.53 Å². The second kappa shape index (κ2) is 6.93. The van der Waals surface area contributed by atoms with Crippen molar-refractivity contribution in [3.63, 3.8) is 0 Å². The predicted octanol–water partition coefficient (Wildman–Crippen LogP) is 3.16. The molecule has 1 aliphatic rings. The van der Waals surface area contributed by atoms with Crippen molar-refractivity contribution in [2.75, 3.05) is 6.61 Å². The molecule has 0 amide bonds. The van der Waals surface area contributed by atoms with Gasteiger partial charge in [0, 0.05) is 0 Å². The summed E-state index contributed by atoms with van der Waals surface area (Å²) in [4.78, 5) is 9.18. The zero-order chi connectivity index (χ0) is 10.2. The maximum Gasteiger partial charge on any atom is 0.293 e. The van der Waals surface area contributed by atoms with Crippen molar-refractivity contribution in [3.05, 3.63) is 0 Å². The summed E-state index contributed by atoms with van der Waals surface area (Å²) in [5.74, 6) is 0. The monoisotopic (exact) mass is 186 g/mol. The fourth-order valence-corrected chi connectivity index (χ4v) is 1.58. The largest absolute Gasteiger partial charge is 0.468 e. The molecule has 1 rings (SSSR count). The van der Waals surface area contributed by atoms with E-state index < -0.39 is 0 Å². The lowest BCUT2D eigenvalue weighted by molar-refractivity contribution is -0.128. The number of hydrogen-bond donors (Lipinski definition) is 0. The Hall–Kier alpha value is -0.530. The van der Waals surface area contributed by atoms with Gasteiger partial charge in [-0.3, -0.25) is 4.79 Å². The van der Waals surface area contributed by atoms with E-state index in [2.05, 4.69) is 18.6 Å². The van der Waals surface area contributed by atoms with Crippen molar-refractivity contribution >= 4 is 6.47 Å². The smallest absolute Gasteiger partial charge is 0.293 e. The summed E-state index contributed by atoms with van der Waals surface area (Å²) in [6.07, 6.45) is 7.31. The molecule has 0 aromatic heterocycles. The summed E-state index contributed by atoms with van der Waals surface area (Å²) in [6.45, 7) is 7.43. The zero-order valence-corrected chi connectivity index (χ0v) is 9.14. The van der Waals surface area contributed by atoms with Gasteiger partial charge in [0.25, 0.3) is 6.47 Å². The molecule has 0 aromatic rings. The van der Waals surface area contributed by atoms with E-state index in [0.717, 1.165) is 0 Å². The van der Waals surface area contributed by atoms with E-state index >= 15 is 0 Å². The van der Waals surface area contributed by atoms with Crippen molar-refractivity contribution in [1.82, 2.24) is 0 Å². The third-order valence-electron chi connectivity index (χ3n) is 2.44. The molecule has 0 radical (unpaired) electrons. The molecule has 2 nitrogen and oxygen atoms in total. The molecule has 2 heteroatoms. The van der Waals surface area contributed by atoms with Crippen LogP contribution in [0.2, 0.25) is 0 Å². The van der Waals surface area contributed by atoms with Crippen molar-refractivity contribution in [1.29, 1.82) is 0 Å². The van der Waals surface area contributed by atoms with Crippen LogP contribution in [0.3, 0.4) is 0 Å². The summed E-state index contributed by atoms with van der Waals surface area (Å²) in [5.41, 5.74) is 0.679. The summed E-state index contributed by atoms with van der Waals surface area (Å²) in [7, 11) is 0. The molecule has 0 heterocycles. The Morgan fingerprint density at radius 2 is 1.77 bits per heavy atom. The summed E-state index contributed by atoms with van der Waals surface area (Å²) >= 11 is 0. The van der Waals surface area contributed by atoms with Crippen LogP contribution >= 0.6 is 0 Å². The highest BCUT2D eigenvalue weighted by molar-refractivity contribution is 5.36. The van der Waals surface area contributed by atoms with E-state index in [-0.39, 0.29) is 0 Å². The highest BCUT2D eigenvalue weighted by Crippen LogP contribution is 2.34. The number of carbonyl (C=O) groups excluding carboxylic acids is 1. The first-order valence-corrected chi connectivity index (χ1v) is 5.17. The van der Waals surface area contributed by atoms with E-state index in [0.29, 0.717) is 18.5 Å². The minimum absolute atomic E-state index is 0.431. The Bertz CT molecular complexity index is 122. The Balaban J connectivity index is 0.000000252. The fraction of sp³-hybridized carbons (Fsp3) is 0.909. The second-order valence-corrected chi connectivity index (χ2v) is 4.28. The number of rotatable bonds is 2. The van der Waals surface area contributed by atoms with Crippen molar-refractivity contribution in [2.45, 2.75) is 52.9 Å². The molecule has 78 valence electrons.